The Hall–Kier alpha value is -2.83. The molecule has 0 aliphatic rings. The smallest absolute Gasteiger partial charge is 0.278 e. The maximum absolute atomic E-state index is 13.3. The zero-order chi connectivity index (χ0) is 21.7. The molecule has 0 fully saturated rings. The fraction of sp³-hybridized carbons (Fsp3) is 0.174. The van der Waals surface area contributed by atoms with Crippen LogP contribution in [-0.4, -0.2) is 20.9 Å². The molecule has 3 rings (SSSR count). The largest absolute Gasteiger partial charge is 0.484 e. The van der Waals surface area contributed by atoms with E-state index in [2.05, 4.69) is 0 Å². The number of aryl methyl sites for hydroxylation is 2. The van der Waals surface area contributed by atoms with Crippen LogP contribution in [0.15, 0.2) is 77.7 Å². The van der Waals surface area contributed by atoms with Crippen molar-refractivity contribution in [2.45, 2.75) is 25.2 Å². The first-order valence-corrected chi connectivity index (χ1v) is 11.2. The Bertz CT molecular complexity index is 1110. The molecule has 0 aliphatic carbocycles. The van der Waals surface area contributed by atoms with E-state index in [1.54, 1.807) is 60.7 Å². The molecular weight excluding hydrogens is 422 g/mol. The van der Waals surface area contributed by atoms with Crippen LogP contribution < -0.4 is 9.04 Å². The molecule has 7 heteroatoms. The van der Waals surface area contributed by atoms with Crippen LogP contribution in [0, 0.1) is 6.92 Å². The van der Waals surface area contributed by atoms with Crippen molar-refractivity contribution in [3.63, 3.8) is 0 Å². The quantitative estimate of drug-likeness (QED) is 0.514. The molecule has 0 aliphatic heterocycles. The van der Waals surface area contributed by atoms with Gasteiger partial charge >= 0.3 is 0 Å². The minimum absolute atomic E-state index is 0.0347. The summed E-state index contributed by atoms with van der Waals surface area (Å²) in [7, 11) is -4.12. The van der Waals surface area contributed by atoms with E-state index in [9.17, 15) is 13.2 Å². The highest BCUT2D eigenvalue weighted by atomic mass is 35.5. The summed E-state index contributed by atoms with van der Waals surface area (Å²) in [5, 5.41) is 0.535. The number of ether oxygens (including phenoxy) is 1. The van der Waals surface area contributed by atoms with Crippen molar-refractivity contribution in [2.24, 2.45) is 0 Å². The number of rotatable bonds is 7. The third-order valence-electron chi connectivity index (χ3n) is 4.54. The number of sulfonamides is 1. The maximum Gasteiger partial charge on any atom is 0.278 e. The van der Waals surface area contributed by atoms with E-state index in [1.807, 2.05) is 13.8 Å². The highest BCUT2D eigenvalue weighted by Crippen LogP contribution is 2.25. The molecule has 3 aromatic carbocycles. The fourth-order valence-corrected chi connectivity index (χ4v) is 4.37. The van der Waals surface area contributed by atoms with Crippen LogP contribution in [0.2, 0.25) is 5.02 Å². The minimum Gasteiger partial charge on any atom is -0.484 e. The third-order valence-corrected chi connectivity index (χ3v) is 6.56. The van der Waals surface area contributed by atoms with E-state index in [4.69, 9.17) is 16.3 Å². The monoisotopic (exact) mass is 443 g/mol. The second kappa shape index (κ2) is 9.32. The van der Waals surface area contributed by atoms with Gasteiger partial charge in [0.2, 0.25) is 0 Å². The van der Waals surface area contributed by atoms with Crippen molar-refractivity contribution >= 4 is 33.2 Å². The summed E-state index contributed by atoms with van der Waals surface area (Å²) in [5.41, 5.74) is 2.22. The second-order valence-corrected chi connectivity index (χ2v) is 8.96. The number of nitrogens with zero attached hydrogens (tertiary/aromatic N) is 1. The number of carbonyl (C=O) groups excluding carboxylic acids is 1. The minimum atomic E-state index is -4.12. The average Bonchev–Trinajstić information content (AvgIpc) is 2.74. The first-order valence-electron chi connectivity index (χ1n) is 9.43. The molecule has 5 nitrogen and oxygen atoms in total. The molecular formula is C23H22ClNO4S. The number of hydrogen-bond acceptors (Lipinski definition) is 4. The SMILES string of the molecule is CCc1ccc(N(C(=O)COc2ccc(Cl)cc2)S(=O)(=O)c2ccc(C)cc2)cc1. The van der Waals surface area contributed by atoms with Crippen molar-refractivity contribution in [3.05, 3.63) is 88.9 Å². The Kier molecular flexibility index (Phi) is 6.80. The summed E-state index contributed by atoms with van der Waals surface area (Å²) in [5.74, 6) is -0.281. The van der Waals surface area contributed by atoms with Crippen molar-refractivity contribution in [1.29, 1.82) is 0 Å². The lowest BCUT2D eigenvalue weighted by atomic mass is 10.1. The first-order chi connectivity index (χ1) is 14.3. The Labute approximate surface area is 181 Å². The van der Waals surface area contributed by atoms with Gasteiger partial charge in [0.15, 0.2) is 6.61 Å². The Morgan fingerprint density at radius 2 is 1.53 bits per heavy atom. The predicted octanol–water partition coefficient (Wildman–Crippen LogP) is 5.01. The van der Waals surface area contributed by atoms with Gasteiger partial charge in [-0.1, -0.05) is 48.4 Å². The molecule has 0 saturated heterocycles. The predicted molar refractivity (Wildman–Crippen MR) is 119 cm³/mol. The zero-order valence-corrected chi connectivity index (χ0v) is 18.3. The zero-order valence-electron chi connectivity index (χ0n) is 16.7. The van der Waals surface area contributed by atoms with E-state index < -0.39 is 22.5 Å². The van der Waals surface area contributed by atoms with Gasteiger partial charge in [0, 0.05) is 5.02 Å². The molecule has 30 heavy (non-hydrogen) atoms. The number of benzene rings is 3. The van der Waals surface area contributed by atoms with Crippen molar-refractivity contribution in [3.8, 4) is 5.75 Å². The molecule has 3 aromatic rings. The van der Waals surface area contributed by atoms with E-state index in [0.29, 0.717) is 10.8 Å². The summed E-state index contributed by atoms with van der Waals surface area (Å²) in [6.45, 7) is 3.42. The van der Waals surface area contributed by atoms with Crippen LogP contribution in [-0.2, 0) is 21.2 Å². The molecule has 1 amide bonds. The standard InChI is InChI=1S/C23H22ClNO4S/c1-3-18-6-10-20(11-7-18)25(30(27,28)22-14-4-17(2)5-15-22)23(26)16-29-21-12-8-19(24)9-13-21/h4-15H,3,16H2,1-2H3. The summed E-state index contributed by atoms with van der Waals surface area (Å²) < 4.78 is 33.0. The molecule has 0 unspecified atom stereocenters. The molecule has 0 radical (unpaired) electrons. The average molecular weight is 444 g/mol. The topological polar surface area (TPSA) is 63.7 Å². The van der Waals surface area contributed by atoms with Crippen molar-refractivity contribution in [1.82, 2.24) is 0 Å². The molecule has 0 N–H and O–H groups in total. The maximum atomic E-state index is 13.3. The van der Waals surface area contributed by atoms with Crippen LogP contribution in [0.4, 0.5) is 5.69 Å². The van der Waals surface area contributed by atoms with Gasteiger partial charge in [-0.25, -0.2) is 8.42 Å². The fourth-order valence-electron chi connectivity index (χ4n) is 2.83. The lowest BCUT2D eigenvalue weighted by Crippen LogP contribution is -2.40. The number of anilines is 1. The highest BCUT2D eigenvalue weighted by molar-refractivity contribution is 7.93. The van der Waals surface area contributed by atoms with Crippen molar-refractivity contribution < 1.29 is 17.9 Å². The van der Waals surface area contributed by atoms with Crippen molar-refractivity contribution in [2.75, 3.05) is 10.9 Å². The van der Waals surface area contributed by atoms with Crippen LogP contribution in [0.1, 0.15) is 18.1 Å². The summed E-state index contributed by atoms with van der Waals surface area (Å²) >= 11 is 5.86. The Morgan fingerprint density at radius 1 is 0.933 bits per heavy atom. The molecule has 0 aromatic heterocycles. The van der Waals surface area contributed by atoms with Gasteiger partial charge in [-0.3, -0.25) is 4.79 Å². The molecule has 0 atom stereocenters. The highest BCUT2D eigenvalue weighted by Gasteiger charge is 2.31. The summed E-state index contributed by atoms with van der Waals surface area (Å²) in [6, 6.07) is 19.7. The van der Waals surface area contributed by atoms with Gasteiger partial charge in [0.1, 0.15) is 5.75 Å². The summed E-state index contributed by atoms with van der Waals surface area (Å²) in [6.07, 6.45) is 0.804. The van der Waals surface area contributed by atoms with Crippen LogP contribution in [0.3, 0.4) is 0 Å². The van der Waals surface area contributed by atoms with Gasteiger partial charge < -0.3 is 4.74 Å². The third kappa shape index (κ3) is 5.01. The van der Waals surface area contributed by atoms with Crippen LogP contribution in [0.5, 0.6) is 5.75 Å². The van der Waals surface area contributed by atoms with Crippen LogP contribution >= 0.6 is 11.6 Å². The Balaban J connectivity index is 1.94. The molecule has 0 heterocycles. The van der Waals surface area contributed by atoms with E-state index in [-0.39, 0.29) is 10.6 Å². The molecule has 0 bridgehead atoms. The molecule has 0 saturated carbocycles. The van der Waals surface area contributed by atoms with Gasteiger partial charge in [0.25, 0.3) is 15.9 Å². The summed E-state index contributed by atoms with van der Waals surface area (Å²) in [4.78, 5) is 13.1. The van der Waals surface area contributed by atoms with E-state index in [0.717, 1.165) is 21.9 Å². The van der Waals surface area contributed by atoms with E-state index in [1.165, 1.54) is 12.1 Å². The number of carbonyl (C=O) groups is 1. The Morgan fingerprint density at radius 3 is 2.10 bits per heavy atom. The van der Waals surface area contributed by atoms with Gasteiger partial charge in [-0.2, -0.15) is 4.31 Å². The van der Waals surface area contributed by atoms with Gasteiger partial charge in [0.05, 0.1) is 10.6 Å². The first kappa shape index (κ1) is 21.9. The van der Waals surface area contributed by atoms with Gasteiger partial charge in [-0.05, 0) is 67.4 Å². The second-order valence-electron chi connectivity index (χ2n) is 6.74. The van der Waals surface area contributed by atoms with Gasteiger partial charge in [-0.15, -0.1) is 0 Å². The normalized spacial score (nSPS) is 11.2. The lowest BCUT2D eigenvalue weighted by Gasteiger charge is -2.23. The van der Waals surface area contributed by atoms with E-state index >= 15 is 0 Å². The molecule has 156 valence electrons. The van der Waals surface area contributed by atoms with Crippen LogP contribution in [0.25, 0.3) is 0 Å². The lowest BCUT2D eigenvalue weighted by molar-refractivity contribution is -0.119. The number of amides is 1. The number of hydrogen-bond donors (Lipinski definition) is 0. The number of halogens is 1. The molecule has 0 spiro atoms.